The summed E-state index contributed by atoms with van der Waals surface area (Å²) in [5, 5.41) is 3.88. The molecule has 2 fully saturated rings. The van der Waals surface area contributed by atoms with E-state index in [9.17, 15) is 4.79 Å². The van der Waals surface area contributed by atoms with Crippen LogP contribution < -0.4 is 15.0 Å². The van der Waals surface area contributed by atoms with Crippen molar-refractivity contribution in [3.63, 3.8) is 0 Å². The normalized spacial score (nSPS) is 21.1. The largest absolute Gasteiger partial charge is 0.497 e. The van der Waals surface area contributed by atoms with Crippen LogP contribution >= 0.6 is 0 Å². The first kappa shape index (κ1) is 21.8. The van der Waals surface area contributed by atoms with Gasteiger partial charge in [0, 0.05) is 48.5 Å². The number of methoxy groups -OCH3 is 1. The van der Waals surface area contributed by atoms with Crippen molar-refractivity contribution in [3.05, 3.63) is 53.8 Å². The van der Waals surface area contributed by atoms with Crippen molar-refractivity contribution >= 4 is 28.3 Å². The molecule has 2 unspecified atom stereocenters. The summed E-state index contributed by atoms with van der Waals surface area (Å²) < 4.78 is 11.0. The molecule has 6 nitrogen and oxygen atoms in total. The van der Waals surface area contributed by atoms with Crippen LogP contribution in [-0.2, 0) is 0 Å². The first-order valence-electron chi connectivity index (χ1n) is 12.0. The number of carbonyl (C=O) groups excluding carboxylic acids is 1. The number of hydrogen-bond donors (Lipinski definition) is 1. The van der Waals surface area contributed by atoms with Crippen LogP contribution in [0.2, 0.25) is 0 Å². The molecule has 3 aromatic rings. The lowest BCUT2D eigenvalue weighted by molar-refractivity contribution is 0.0998. The summed E-state index contributed by atoms with van der Waals surface area (Å²) in [4.78, 5) is 18.0. The van der Waals surface area contributed by atoms with Gasteiger partial charge in [-0.2, -0.15) is 0 Å². The number of furan rings is 1. The fourth-order valence-electron chi connectivity index (χ4n) is 5.23. The van der Waals surface area contributed by atoms with Crippen LogP contribution in [0.25, 0.3) is 11.0 Å². The lowest BCUT2D eigenvalue weighted by Gasteiger charge is -2.25. The number of ether oxygens (including phenoxy) is 1. The van der Waals surface area contributed by atoms with E-state index in [1.165, 1.54) is 38.0 Å². The van der Waals surface area contributed by atoms with Crippen LogP contribution in [0, 0.1) is 12.8 Å². The third-order valence-corrected chi connectivity index (χ3v) is 7.24. The molecule has 0 saturated carbocycles. The Morgan fingerprint density at radius 1 is 1.15 bits per heavy atom. The molecular weight excluding hydrogens is 414 g/mol. The van der Waals surface area contributed by atoms with Gasteiger partial charge in [-0.3, -0.25) is 4.79 Å². The van der Waals surface area contributed by atoms with Gasteiger partial charge >= 0.3 is 0 Å². The molecule has 0 radical (unpaired) electrons. The number of hydrogen-bond acceptors (Lipinski definition) is 5. The van der Waals surface area contributed by atoms with Crippen LogP contribution in [-0.4, -0.2) is 50.1 Å². The Kier molecular flexibility index (Phi) is 6.02. The zero-order valence-electron chi connectivity index (χ0n) is 19.8. The maximum absolute atomic E-state index is 12.8. The molecule has 33 heavy (non-hydrogen) atoms. The highest BCUT2D eigenvalue weighted by molar-refractivity contribution is 6.05. The lowest BCUT2D eigenvalue weighted by Crippen LogP contribution is -2.33. The second kappa shape index (κ2) is 9.10. The highest BCUT2D eigenvalue weighted by atomic mass is 16.5. The Balaban J connectivity index is 1.23. The summed E-state index contributed by atoms with van der Waals surface area (Å²) in [5.41, 5.74) is 3.73. The van der Waals surface area contributed by atoms with E-state index in [2.05, 4.69) is 34.2 Å². The number of amides is 1. The van der Waals surface area contributed by atoms with Crippen molar-refractivity contribution in [2.45, 2.75) is 39.2 Å². The van der Waals surface area contributed by atoms with Crippen LogP contribution in [0.4, 0.5) is 11.4 Å². The number of nitrogens with one attached hydrogen (secondary N) is 1. The molecule has 5 rings (SSSR count). The summed E-state index contributed by atoms with van der Waals surface area (Å²) in [6.07, 6.45) is 3.93. The molecule has 1 amide bonds. The standard InChI is InChI=1S/C27H33N3O3/c1-18-13-22(30-12-10-20(17-30)16-29-11-4-5-19(29)2)7-9-24(18)28-27(31)26-14-21-6-8-23(32-3)15-25(21)33-26/h6-9,13-15,19-20H,4-5,10-12,16-17H2,1-3H3,(H,28,31). The van der Waals surface area contributed by atoms with E-state index in [0.717, 1.165) is 41.7 Å². The van der Waals surface area contributed by atoms with Gasteiger partial charge in [0.1, 0.15) is 11.3 Å². The molecule has 0 aliphatic carbocycles. The summed E-state index contributed by atoms with van der Waals surface area (Å²) in [5.74, 6) is 1.48. The molecule has 2 saturated heterocycles. The fraction of sp³-hybridized carbons (Fsp3) is 0.444. The van der Waals surface area contributed by atoms with E-state index in [1.54, 1.807) is 19.2 Å². The Morgan fingerprint density at radius 2 is 2.03 bits per heavy atom. The number of rotatable bonds is 6. The van der Waals surface area contributed by atoms with E-state index < -0.39 is 0 Å². The third-order valence-electron chi connectivity index (χ3n) is 7.24. The van der Waals surface area contributed by atoms with Crippen molar-refractivity contribution < 1.29 is 13.9 Å². The quantitative estimate of drug-likeness (QED) is 0.555. The monoisotopic (exact) mass is 447 g/mol. The zero-order valence-corrected chi connectivity index (χ0v) is 19.8. The van der Waals surface area contributed by atoms with Crippen LogP contribution in [0.15, 0.2) is 46.9 Å². The Bertz CT molecular complexity index is 1150. The van der Waals surface area contributed by atoms with E-state index >= 15 is 0 Å². The second-order valence-corrected chi connectivity index (χ2v) is 9.55. The van der Waals surface area contributed by atoms with Gasteiger partial charge in [-0.25, -0.2) is 0 Å². The number of likely N-dealkylation sites (tertiary alicyclic amines) is 1. The molecule has 2 atom stereocenters. The number of anilines is 2. The molecule has 0 spiro atoms. The van der Waals surface area contributed by atoms with Crippen molar-refractivity contribution in [2.24, 2.45) is 5.92 Å². The van der Waals surface area contributed by atoms with Gasteiger partial charge in [-0.1, -0.05) is 0 Å². The summed E-state index contributed by atoms with van der Waals surface area (Å²) in [6, 6.07) is 14.3. The average Bonchev–Trinajstić information content (AvgIpc) is 3.55. The number of carbonyl (C=O) groups is 1. The SMILES string of the molecule is COc1ccc2cc(C(=O)Nc3ccc(N4CCC(CN5CCCC5C)C4)cc3C)oc2c1. The minimum atomic E-state index is -0.248. The molecule has 0 bridgehead atoms. The second-order valence-electron chi connectivity index (χ2n) is 9.55. The Morgan fingerprint density at radius 3 is 2.79 bits per heavy atom. The van der Waals surface area contributed by atoms with Gasteiger partial charge in [0.15, 0.2) is 5.76 Å². The van der Waals surface area contributed by atoms with Gasteiger partial charge in [0.05, 0.1) is 7.11 Å². The van der Waals surface area contributed by atoms with E-state index in [1.807, 2.05) is 25.1 Å². The lowest BCUT2D eigenvalue weighted by atomic mass is 10.1. The summed E-state index contributed by atoms with van der Waals surface area (Å²) >= 11 is 0. The molecule has 2 aliphatic rings. The van der Waals surface area contributed by atoms with Crippen molar-refractivity contribution in [1.82, 2.24) is 4.90 Å². The molecule has 2 aliphatic heterocycles. The van der Waals surface area contributed by atoms with Gasteiger partial charge in [0.2, 0.25) is 0 Å². The van der Waals surface area contributed by atoms with Crippen molar-refractivity contribution in [3.8, 4) is 5.75 Å². The van der Waals surface area contributed by atoms with Crippen molar-refractivity contribution in [2.75, 3.05) is 43.5 Å². The topological polar surface area (TPSA) is 58.0 Å². The molecular formula is C27H33N3O3. The predicted molar refractivity (Wildman–Crippen MR) is 132 cm³/mol. The van der Waals surface area contributed by atoms with Gasteiger partial charge < -0.3 is 24.3 Å². The average molecular weight is 448 g/mol. The molecule has 3 heterocycles. The Labute approximate surface area is 195 Å². The molecule has 1 aromatic heterocycles. The maximum atomic E-state index is 12.8. The smallest absolute Gasteiger partial charge is 0.291 e. The maximum Gasteiger partial charge on any atom is 0.291 e. The number of benzene rings is 2. The minimum Gasteiger partial charge on any atom is -0.497 e. The molecule has 6 heteroatoms. The van der Waals surface area contributed by atoms with Crippen molar-refractivity contribution in [1.29, 1.82) is 0 Å². The highest BCUT2D eigenvalue weighted by Gasteiger charge is 2.28. The first-order valence-corrected chi connectivity index (χ1v) is 12.0. The first-order chi connectivity index (χ1) is 16.0. The van der Waals surface area contributed by atoms with Gasteiger partial charge in [-0.05, 0) is 87.5 Å². The number of nitrogens with zero attached hydrogens (tertiary/aromatic N) is 2. The number of aryl methyl sites for hydroxylation is 1. The zero-order chi connectivity index (χ0) is 22.9. The van der Waals surface area contributed by atoms with Crippen LogP contribution in [0.5, 0.6) is 5.75 Å². The summed E-state index contributed by atoms with van der Waals surface area (Å²) in [7, 11) is 1.61. The van der Waals surface area contributed by atoms with E-state index in [4.69, 9.17) is 9.15 Å². The third kappa shape index (κ3) is 4.58. The van der Waals surface area contributed by atoms with Crippen LogP contribution in [0.3, 0.4) is 0 Å². The van der Waals surface area contributed by atoms with Gasteiger partial charge in [0.25, 0.3) is 5.91 Å². The Hall–Kier alpha value is -2.99. The molecule has 174 valence electrons. The molecule has 1 N–H and O–H groups in total. The number of fused-ring (bicyclic) bond motifs is 1. The molecule has 2 aromatic carbocycles. The summed E-state index contributed by atoms with van der Waals surface area (Å²) in [6.45, 7) is 9.08. The predicted octanol–water partition coefficient (Wildman–Crippen LogP) is 5.31. The van der Waals surface area contributed by atoms with Crippen LogP contribution in [0.1, 0.15) is 42.3 Å². The fourth-order valence-corrected chi connectivity index (χ4v) is 5.23. The van der Waals surface area contributed by atoms with E-state index in [0.29, 0.717) is 17.1 Å². The van der Waals surface area contributed by atoms with E-state index in [-0.39, 0.29) is 5.91 Å². The van der Waals surface area contributed by atoms with Gasteiger partial charge in [-0.15, -0.1) is 0 Å². The minimum absolute atomic E-state index is 0.248. The highest BCUT2D eigenvalue weighted by Crippen LogP contribution is 2.30.